The van der Waals surface area contributed by atoms with E-state index in [0.29, 0.717) is 39.1 Å². The highest BCUT2D eigenvalue weighted by Gasteiger charge is 2.51. The lowest BCUT2D eigenvalue weighted by atomic mass is 9.73. The summed E-state index contributed by atoms with van der Waals surface area (Å²) in [4.78, 5) is 39.0. The molecule has 1 aliphatic heterocycles. The molecule has 0 unspecified atom stereocenters. The molecule has 0 aromatic carbocycles. The van der Waals surface area contributed by atoms with Crippen molar-refractivity contribution in [1.82, 2.24) is 4.90 Å². The average Bonchev–Trinajstić information content (AvgIpc) is 2.62. The number of hydrogen-bond donors (Lipinski definition) is 0. The molecule has 8 nitrogen and oxygen atoms in total. The summed E-state index contributed by atoms with van der Waals surface area (Å²) in [6, 6.07) is -0.150. The van der Waals surface area contributed by atoms with Crippen molar-refractivity contribution in [3.63, 3.8) is 0 Å². The minimum Gasteiger partial charge on any atom is -0.466 e. The van der Waals surface area contributed by atoms with Gasteiger partial charge in [-0.15, -0.1) is 0 Å². The molecular formula is C18H29NO7. The predicted molar refractivity (Wildman–Crippen MR) is 91.2 cm³/mol. The second kappa shape index (κ2) is 9.87. The maximum atomic E-state index is 12.7. The van der Waals surface area contributed by atoms with E-state index in [2.05, 4.69) is 4.90 Å². The van der Waals surface area contributed by atoms with E-state index < -0.39 is 35.8 Å². The van der Waals surface area contributed by atoms with Crippen LogP contribution in [-0.4, -0.2) is 74.5 Å². The number of esters is 3. The molecule has 0 aromatic heterocycles. The summed E-state index contributed by atoms with van der Waals surface area (Å²) < 4.78 is 21.3. The van der Waals surface area contributed by atoms with Crippen LogP contribution in [0, 0.1) is 11.8 Å². The zero-order valence-electron chi connectivity index (χ0n) is 15.8. The van der Waals surface area contributed by atoms with E-state index in [1.165, 1.54) is 6.92 Å². The summed E-state index contributed by atoms with van der Waals surface area (Å²) in [5.74, 6) is -2.97. The first-order chi connectivity index (χ1) is 12.5. The van der Waals surface area contributed by atoms with Crippen LogP contribution in [0.15, 0.2) is 0 Å². The van der Waals surface area contributed by atoms with Gasteiger partial charge >= 0.3 is 17.9 Å². The van der Waals surface area contributed by atoms with Crippen LogP contribution in [0.5, 0.6) is 0 Å². The molecule has 0 aromatic rings. The van der Waals surface area contributed by atoms with Crippen molar-refractivity contribution in [1.29, 1.82) is 0 Å². The molecule has 8 heteroatoms. The van der Waals surface area contributed by atoms with Crippen LogP contribution in [0.4, 0.5) is 0 Å². The largest absolute Gasteiger partial charge is 0.466 e. The highest BCUT2D eigenvalue weighted by atomic mass is 16.6. The van der Waals surface area contributed by atoms with Crippen molar-refractivity contribution in [3.05, 3.63) is 0 Å². The minimum atomic E-state index is -0.862. The van der Waals surface area contributed by atoms with Gasteiger partial charge in [0.25, 0.3) is 0 Å². The van der Waals surface area contributed by atoms with Gasteiger partial charge in [0.05, 0.1) is 32.3 Å². The lowest BCUT2D eigenvalue weighted by molar-refractivity contribution is -0.182. The Labute approximate surface area is 154 Å². The first-order valence-corrected chi connectivity index (χ1v) is 9.31. The monoisotopic (exact) mass is 371 g/mol. The number of morpholine rings is 1. The average molecular weight is 371 g/mol. The van der Waals surface area contributed by atoms with Crippen LogP contribution in [0.1, 0.15) is 33.6 Å². The van der Waals surface area contributed by atoms with Gasteiger partial charge in [-0.3, -0.25) is 19.3 Å². The van der Waals surface area contributed by atoms with Gasteiger partial charge < -0.3 is 18.9 Å². The smallest absolute Gasteiger partial charge is 0.313 e. The fraction of sp³-hybridized carbons (Fsp3) is 0.833. The van der Waals surface area contributed by atoms with Crippen molar-refractivity contribution in [3.8, 4) is 0 Å². The quantitative estimate of drug-likeness (QED) is 0.499. The summed E-state index contributed by atoms with van der Waals surface area (Å²) in [5.41, 5.74) is 0. The third kappa shape index (κ3) is 4.94. The molecular weight excluding hydrogens is 342 g/mol. The molecule has 0 amide bonds. The van der Waals surface area contributed by atoms with Crippen LogP contribution < -0.4 is 0 Å². The minimum absolute atomic E-state index is 0.150. The third-order valence-electron chi connectivity index (χ3n) is 4.90. The molecule has 4 atom stereocenters. The van der Waals surface area contributed by atoms with E-state index in [9.17, 15) is 14.4 Å². The summed E-state index contributed by atoms with van der Waals surface area (Å²) in [6.07, 6.45) is 0.382. The normalized spacial score (nSPS) is 29.7. The maximum absolute atomic E-state index is 12.7. The molecule has 0 N–H and O–H groups in total. The number of nitrogens with zero attached hydrogens (tertiary/aromatic N) is 1. The number of rotatable bonds is 6. The Morgan fingerprint density at radius 3 is 2.19 bits per heavy atom. The molecule has 0 bridgehead atoms. The molecule has 0 spiro atoms. The molecule has 26 heavy (non-hydrogen) atoms. The molecule has 2 rings (SSSR count). The van der Waals surface area contributed by atoms with Crippen LogP contribution in [0.25, 0.3) is 0 Å². The molecule has 0 radical (unpaired) electrons. The molecule has 1 saturated heterocycles. The van der Waals surface area contributed by atoms with Crippen LogP contribution in [0.2, 0.25) is 0 Å². The van der Waals surface area contributed by atoms with Gasteiger partial charge in [0.2, 0.25) is 0 Å². The highest BCUT2D eigenvalue weighted by Crippen LogP contribution is 2.37. The van der Waals surface area contributed by atoms with Gasteiger partial charge in [0.15, 0.2) is 0 Å². The van der Waals surface area contributed by atoms with Crippen LogP contribution in [-0.2, 0) is 33.3 Å². The number of ether oxygens (including phenoxy) is 4. The second-order valence-corrected chi connectivity index (χ2v) is 6.50. The first kappa shape index (κ1) is 20.6. The van der Waals surface area contributed by atoms with Crippen molar-refractivity contribution >= 4 is 17.9 Å². The van der Waals surface area contributed by atoms with E-state index in [-0.39, 0.29) is 19.3 Å². The molecule has 2 aliphatic rings. The third-order valence-corrected chi connectivity index (χ3v) is 4.90. The summed E-state index contributed by atoms with van der Waals surface area (Å²) in [6.45, 7) is 7.75. The maximum Gasteiger partial charge on any atom is 0.313 e. The van der Waals surface area contributed by atoms with Gasteiger partial charge in [-0.1, -0.05) is 0 Å². The Hall–Kier alpha value is -1.67. The molecule has 1 heterocycles. The van der Waals surface area contributed by atoms with E-state index in [0.717, 1.165) is 0 Å². The molecule has 148 valence electrons. The summed E-state index contributed by atoms with van der Waals surface area (Å²) >= 11 is 0. The van der Waals surface area contributed by atoms with Gasteiger partial charge in [-0.25, -0.2) is 0 Å². The van der Waals surface area contributed by atoms with Gasteiger partial charge in [0.1, 0.15) is 12.0 Å². The van der Waals surface area contributed by atoms with E-state index >= 15 is 0 Å². The van der Waals surface area contributed by atoms with Gasteiger partial charge in [-0.05, 0) is 26.7 Å². The Kier molecular flexibility index (Phi) is 7.84. The van der Waals surface area contributed by atoms with Crippen LogP contribution in [0.3, 0.4) is 0 Å². The van der Waals surface area contributed by atoms with Gasteiger partial charge in [-0.2, -0.15) is 0 Å². The number of carbonyl (C=O) groups excluding carboxylic acids is 3. The van der Waals surface area contributed by atoms with Crippen molar-refractivity contribution in [2.24, 2.45) is 11.8 Å². The molecule has 1 saturated carbocycles. The Morgan fingerprint density at radius 2 is 1.62 bits per heavy atom. The molecule has 1 aliphatic carbocycles. The predicted octanol–water partition coefficient (Wildman–Crippen LogP) is 0.771. The van der Waals surface area contributed by atoms with E-state index in [4.69, 9.17) is 18.9 Å². The first-order valence-electron chi connectivity index (χ1n) is 9.31. The summed E-state index contributed by atoms with van der Waals surface area (Å²) in [7, 11) is 0. The van der Waals surface area contributed by atoms with Crippen LogP contribution >= 0.6 is 0 Å². The fourth-order valence-corrected chi connectivity index (χ4v) is 3.86. The molecule has 2 fully saturated rings. The van der Waals surface area contributed by atoms with Gasteiger partial charge in [0, 0.05) is 26.1 Å². The SMILES string of the molecule is CCOC(=O)[C@H]1[C@H](OC(C)=O)[C@@H](N2CCOCC2)CC[C@@H]1C(=O)OCC. The Morgan fingerprint density at radius 1 is 1.00 bits per heavy atom. The Balaban J connectivity index is 2.31. The zero-order chi connectivity index (χ0) is 19.1. The van der Waals surface area contributed by atoms with E-state index in [1.807, 2.05) is 0 Å². The van der Waals surface area contributed by atoms with Crippen molar-refractivity contribution in [2.75, 3.05) is 39.5 Å². The lowest BCUT2D eigenvalue weighted by Gasteiger charge is -2.45. The number of hydrogen-bond acceptors (Lipinski definition) is 8. The Bertz CT molecular complexity index is 504. The fourth-order valence-electron chi connectivity index (χ4n) is 3.86. The second-order valence-electron chi connectivity index (χ2n) is 6.50. The standard InChI is InChI=1S/C18H29NO7/c1-4-24-17(21)13-6-7-14(19-8-10-23-11-9-19)16(26-12(3)20)15(13)18(22)25-5-2/h13-16H,4-11H2,1-3H3/t13-,14-,15+,16+/m0/s1. The highest BCUT2D eigenvalue weighted by molar-refractivity contribution is 5.83. The zero-order valence-corrected chi connectivity index (χ0v) is 15.8. The lowest BCUT2D eigenvalue weighted by Crippen LogP contribution is -2.58. The van der Waals surface area contributed by atoms with Crippen molar-refractivity contribution < 1.29 is 33.3 Å². The summed E-state index contributed by atoms with van der Waals surface area (Å²) in [5, 5.41) is 0. The number of carbonyl (C=O) groups is 3. The topological polar surface area (TPSA) is 91.4 Å². The van der Waals surface area contributed by atoms with E-state index in [1.54, 1.807) is 13.8 Å². The van der Waals surface area contributed by atoms with Crippen molar-refractivity contribution in [2.45, 2.75) is 45.8 Å².